The van der Waals surface area contributed by atoms with Crippen molar-refractivity contribution >= 4 is 11.6 Å². The minimum Gasteiger partial charge on any atom is -0.236 e. The van der Waals surface area contributed by atoms with Gasteiger partial charge in [0.15, 0.2) is 11.3 Å². The van der Waals surface area contributed by atoms with Crippen molar-refractivity contribution in [2.45, 2.75) is 13.8 Å². The van der Waals surface area contributed by atoms with E-state index < -0.39 is 0 Å². The van der Waals surface area contributed by atoms with Gasteiger partial charge in [0.25, 0.3) is 0 Å². The van der Waals surface area contributed by atoms with Gasteiger partial charge < -0.3 is 0 Å². The number of nitrogens with zero attached hydrogens (tertiary/aromatic N) is 3. The van der Waals surface area contributed by atoms with E-state index in [1.54, 1.807) is 13.8 Å². The molecule has 1 aromatic rings. The molecule has 0 aliphatic heterocycles. The first-order valence-electron chi connectivity index (χ1n) is 2.78. The van der Waals surface area contributed by atoms with Gasteiger partial charge in [0.1, 0.15) is 5.82 Å². The van der Waals surface area contributed by atoms with Gasteiger partial charge in [-0.25, -0.2) is 9.55 Å². The van der Waals surface area contributed by atoms with E-state index in [-0.39, 0.29) is 0 Å². The zero-order valence-electron chi connectivity index (χ0n) is 5.72. The summed E-state index contributed by atoms with van der Waals surface area (Å²) in [6.07, 6.45) is 1.95. The molecule has 1 heterocycles. The number of nitriles is 1. The van der Waals surface area contributed by atoms with Crippen LogP contribution in [0.15, 0.2) is 0 Å². The Balaban J connectivity index is 3.37. The normalized spacial score (nSPS) is 9.40. The monoisotopic (exact) mass is 155 g/mol. The van der Waals surface area contributed by atoms with E-state index in [4.69, 9.17) is 16.9 Å². The summed E-state index contributed by atoms with van der Waals surface area (Å²) in [5, 5.41) is 8.93. The summed E-state index contributed by atoms with van der Waals surface area (Å²) in [4.78, 5) is 3.89. The summed E-state index contributed by atoms with van der Waals surface area (Å²) in [7, 11) is 0. The van der Waals surface area contributed by atoms with Crippen LogP contribution in [0.3, 0.4) is 0 Å². The van der Waals surface area contributed by atoms with Gasteiger partial charge >= 0.3 is 0 Å². The maximum atomic E-state index is 8.53. The third-order valence-corrected chi connectivity index (χ3v) is 1.68. The zero-order valence-corrected chi connectivity index (χ0v) is 6.48. The van der Waals surface area contributed by atoms with Crippen molar-refractivity contribution in [3.05, 3.63) is 16.7 Å². The van der Waals surface area contributed by atoms with Gasteiger partial charge in [-0.3, -0.25) is 0 Å². The minimum absolute atomic E-state index is 0.402. The lowest BCUT2D eigenvalue weighted by molar-refractivity contribution is 0.957. The molecule has 0 aliphatic carbocycles. The molecule has 0 saturated carbocycles. The second-order valence-electron chi connectivity index (χ2n) is 1.97. The first kappa shape index (κ1) is 7.10. The second kappa shape index (κ2) is 2.31. The van der Waals surface area contributed by atoms with E-state index in [0.717, 1.165) is 0 Å². The van der Waals surface area contributed by atoms with Crippen LogP contribution in [0.2, 0.25) is 5.15 Å². The molecule has 10 heavy (non-hydrogen) atoms. The van der Waals surface area contributed by atoms with E-state index in [9.17, 15) is 0 Å². The first-order chi connectivity index (χ1) is 4.66. The number of halogens is 1. The van der Waals surface area contributed by atoms with Gasteiger partial charge in [-0.15, -0.1) is 0 Å². The Morgan fingerprint density at radius 2 is 2.20 bits per heavy atom. The summed E-state index contributed by atoms with van der Waals surface area (Å²) in [5.74, 6) is 0.630. The molecule has 0 spiro atoms. The Morgan fingerprint density at radius 3 is 2.40 bits per heavy atom. The van der Waals surface area contributed by atoms with Crippen LogP contribution in [0.1, 0.15) is 11.5 Å². The molecule has 4 heteroatoms. The molecule has 0 bridgehead atoms. The largest absolute Gasteiger partial charge is 0.236 e. The summed E-state index contributed by atoms with van der Waals surface area (Å²) >= 11 is 5.63. The standard InChI is InChI=1S/C6H6ClN3/c1-4-6(7)9-5(2)10(4)3-8/h1-2H3. The van der Waals surface area contributed by atoms with Crippen molar-refractivity contribution in [2.75, 3.05) is 0 Å². The lowest BCUT2D eigenvalue weighted by Gasteiger charge is -1.90. The Hall–Kier alpha value is -1.01. The smallest absolute Gasteiger partial charge is 0.190 e. The highest BCUT2D eigenvalue weighted by Crippen LogP contribution is 2.13. The van der Waals surface area contributed by atoms with Crippen LogP contribution in [-0.4, -0.2) is 9.55 Å². The first-order valence-corrected chi connectivity index (χ1v) is 3.16. The molecule has 0 atom stereocenters. The molecule has 1 rings (SSSR count). The van der Waals surface area contributed by atoms with Crippen LogP contribution in [-0.2, 0) is 0 Å². The van der Waals surface area contributed by atoms with E-state index in [1.165, 1.54) is 4.57 Å². The van der Waals surface area contributed by atoms with E-state index in [1.807, 2.05) is 6.19 Å². The molecule has 0 amide bonds. The summed E-state index contributed by atoms with van der Waals surface area (Å²) < 4.78 is 1.39. The van der Waals surface area contributed by atoms with Crippen LogP contribution in [0.5, 0.6) is 0 Å². The Morgan fingerprint density at radius 1 is 1.60 bits per heavy atom. The topological polar surface area (TPSA) is 41.6 Å². The molecule has 0 N–H and O–H groups in total. The van der Waals surface area contributed by atoms with E-state index in [0.29, 0.717) is 16.7 Å². The van der Waals surface area contributed by atoms with Crippen molar-refractivity contribution < 1.29 is 0 Å². The Labute approximate surface area is 63.9 Å². The highest BCUT2D eigenvalue weighted by Gasteiger charge is 2.06. The molecule has 0 aromatic carbocycles. The number of aryl methyl sites for hydroxylation is 1. The van der Waals surface area contributed by atoms with Gasteiger partial charge in [0, 0.05) is 0 Å². The van der Waals surface area contributed by atoms with Gasteiger partial charge in [-0.2, -0.15) is 5.26 Å². The van der Waals surface area contributed by atoms with Crippen LogP contribution in [0.4, 0.5) is 0 Å². The highest BCUT2D eigenvalue weighted by molar-refractivity contribution is 6.30. The quantitative estimate of drug-likeness (QED) is 0.570. The molecule has 0 saturated heterocycles. The van der Waals surface area contributed by atoms with Crippen LogP contribution >= 0.6 is 11.6 Å². The molecule has 3 nitrogen and oxygen atoms in total. The number of aromatic nitrogens is 2. The van der Waals surface area contributed by atoms with Crippen LogP contribution < -0.4 is 0 Å². The minimum atomic E-state index is 0.402. The zero-order chi connectivity index (χ0) is 7.72. The highest BCUT2D eigenvalue weighted by atomic mass is 35.5. The lowest BCUT2D eigenvalue weighted by Crippen LogP contribution is -1.92. The predicted octanol–water partition coefficient (Wildman–Crippen LogP) is 1.48. The van der Waals surface area contributed by atoms with Crippen molar-refractivity contribution in [3.8, 4) is 6.19 Å². The molecular weight excluding hydrogens is 150 g/mol. The van der Waals surface area contributed by atoms with Gasteiger partial charge in [-0.05, 0) is 13.8 Å². The SMILES string of the molecule is Cc1nc(Cl)c(C)n1C#N. The fourth-order valence-corrected chi connectivity index (χ4v) is 0.962. The van der Waals surface area contributed by atoms with E-state index in [2.05, 4.69) is 4.98 Å². The fourth-order valence-electron chi connectivity index (χ4n) is 0.755. The fraction of sp³-hybridized carbons (Fsp3) is 0.333. The number of rotatable bonds is 0. The Kier molecular flexibility index (Phi) is 1.64. The van der Waals surface area contributed by atoms with Crippen LogP contribution in [0, 0.1) is 25.3 Å². The average molecular weight is 156 g/mol. The number of hydrogen-bond acceptors (Lipinski definition) is 2. The van der Waals surface area contributed by atoms with Crippen LogP contribution in [0.25, 0.3) is 0 Å². The molecular formula is C6H6ClN3. The molecule has 52 valence electrons. The summed E-state index contributed by atoms with van der Waals surface area (Å²) in [6.45, 7) is 3.49. The predicted molar refractivity (Wildman–Crippen MR) is 37.7 cm³/mol. The third kappa shape index (κ3) is 0.869. The molecule has 1 aromatic heterocycles. The van der Waals surface area contributed by atoms with Gasteiger partial charge in [-0.1, -0.05) is 11.6 Å². The molecule has 0 aliphatic rings. The van der Waals surface area contributed by atoms with Crippen molar-refractivity contribution in [2.24, 2.45) is 0 Å². The summed E-state index contributed by atoms with van der Waals surface area (Å²) in [5.41, 5.74) is 0.696. The summed E-state index contributed by atoms with van der Waals surface area (Å²) in [6, 6.07) is 0. The molecule has 0 fully saturated rings. The van der Waals surface area contributed by atoms with Gasteiger partial charge in [0.05, 0.1) is 5.69 Å². The number of hydrogen-bond donors (Lipinski definition) is 0. The van der Waals surface area contributed by atoms with Gasteiger partial charge in [0.2, 0.25) is 0 Å². The van der Waals surface area contributed by atoms with Crippen molar-refractivity contribution in [1.29, 1.82) is 5.26 Å². The third-order valence-electron chi connectivity index (χ3n) is 1.32. The van der Waals surface area contributed by atoms with Crippen molar-refractivity contribution in [3.63, 3.8) is 0 Å². The second-order valence-corrected chi connectivity index (χ2v) is 2.33. The Bertz CT molecular complexity index is 295. The average Bonchev–Trinajstić information content (AvgIpc) is 2.09. The molecule has 0 radical (unpaired) electrons. The van der Waals surface area contributed by atoms with Crippen molar-refractivity contribution in [1.82, 2.24) is 9.55 Å². The number of imidazole rings is 1. The maximum absolute atomic E-state index is 8.53. The van der Waals surface area contributed by atoms with E-state index >= 15 is 0 Å². The lowest BCUT2D eigenvalue weighted by atomic mass is 10.5. The molecule has 0 unspecified atom stereocenters. The maximum Gasteiger partial charge on any atom is 0.190 e.